The monoisotopic (exact) mass is 294 g/mol. The zero-order valence-electron chi connectivity index (χ0n) is 12.1. The molecule has 1 aliphatic carbocycles. The van der Waals surface area contributed by atoms with Crippen LogP contribution in [0.4, 0.5) is 0 Å². The van der Waals surface area contributed by atoms with Crippen LogP contribution in [0.25, 0.3) is 0 Å². The standard InChI is InChI=1S/C17H14N2O3/c1-2-7-18-17(22)10-8-13-14(19-9-10)16(21)12-6-4-3-5-11(12)15(13)20/h3-6,8-9H,2,7H2,1H3,(H,18,22). The smallest absolute Gasteiger partial charge is 0.252 e. The van der Waals surface area contributed by atoms with E-state index in [1.54, 1.807) is 24.3 Å². The van der Waals surface area contributed by atoms with Crippen molar-refractivity contribution in [1.82, 2.24) is 10.3 Å². The lowest BCUT2D eigenvalue weighted by Gasteiger charge is -2.16. The van der Waals surface area contributed by atoms with Crippen LogP contribution >= 0.6 is 0 Å². The van der Waals surface area contributed by atoms with Gasteiger partial charge in [-0.2, -0.15) is 0 Å². The lowest BCUT2D eigenvalue weighted by Crippen LogP contribution is -2.27. The molecule has 1 N–H and O–H groups in total. The third-order valence-electron chi connectivity index (χ3n) is 3.56. The Morgan fingerprint density at radius 1 is 1.09 bits per heavy atom. The Balaban J connectivity index is 2.04. The molecule has 5 nitrogen and oxygen atoms in total. The molecule has 1 aromatic carbocycles. The average molecular weight is 294 g/mol. The lowest BCUT2D eigenvalue weighted by molar-refractivity contribution is 0.0949. The summed E-state index contributed by atoms with van der Waals surface area (Å²) in [4.78, 5) is 40.9. The zero-order valence-corrected chi connectivity index (χ0v) is 12.1. The van der Waals surface area contributed by atoms with Gasteiger partial charge in [-0.3, -0.25) is 19.4 Å². The van der Waals surface area contributed by atoms with Crippen LogP contribution in [0.5, 0.6) is 0 Å². The first-order valence-electron chi connectivity index (χ1n) is 7.10. The van der Waals surface area contributed by atoms with Crippen LogP contribution in [0.2, 0.25) is 0 Å². The maximum Gasteiger partial charge on any atom is 0.252 e. The molecule has 0 bridgehead atoms. The number of rotatable bonds is 3. The van der Waals surface area contributed by atoms with Gasteiger partial charge in [-0.1, -0.05) is 31.2 Å². The first-order chi connectivity index (χ1) is 10.6. The second kappa shape index (κ2) is 5.52. The van der Waals surface area contributed by atoms with E-state index in [9.17, 15) is 14.4 Å². The Hall–Kier alpha value is -2.82. The Morgan fingerprint density at radius 2 is 1.77 bits per heavy atom. The van der Waals surface area contributed by atoms with E-state index in [1.807, 2.05) is 6.92 Å². The summed E-state index contributed by atoms with van der Waals surface area (Å²) in [6, 6.07) is 8.09. The molecule has 0 saturated carbocycles. The van der Waals surface area contributed by atoms with Crippen molar-refractivity contribution in [3.8, 4) is 0 Å². The highest BCUT2D eigenvalue weighted by Crippen LogP contribution is 2.26. The Bertz CT molecular complexity index is 796. The molecular weight excluding hydrogens is 280 g/mol. The fourth-order valence-corrected chi connectivity index (χ4v) is 2.44. The fraction of sp³-hybridized carbons (Fsp3) is 0.176. The van der Waals surface area contributed by atoms with Crippen molar-refractivity contribution >= 4 is 17.5 Å². The second-order valence-electron chi connectivity index (χ2n) is 5.08. The first-order valence-corrected chi connectivity index (χ1v) is 7.10. The molecule has 1 aliphatic rings. The van der Waals surface area contributed by atoms with Gasteiger partial charge >= 0.3 is 0 Å². The molecule has 0 unspecified atom stereocenters. The van der Waals surface area contributed by atoms with Gasteiger partial charge < -0.3 is 5.32 Å². The van der Waals surface area contributed by atoms with Gasteiger partial charge in [0.25, 0.3) is 5.91 Å². The SMILES string of the molecule is CCCNC(=O)c1cnc2c(c1)C(=O)c1ccccc1C2=O. The number of carbonyl (C=O) groups is 3. The molecule has 2 aromatic rings. The Labute approximate surface area is 127 Å². The summed E-state index contributed by atoms with van der Waals surface area (Å²) in [5.74, 6) is -0.857. The normalized spacial score (nSPS) is 12.6. The van der Waals surface area contributed by atoms with E-state index in [2.05, 4.69) is 10.3 Å². The van der Waals surface area contributed by atoms with Crippen LogP contribution in [0.15, 0.2) is 36.5 Å². The van der Waals surface area contributed by atoms with Gasteiger partial charge in [0.2, 0.25) is 5.78 Å². The number of amides is 1. The van der Waals surface area contributed by atoms with E-state index >= 15 is 0 Å². The van der Waals surface area contributed by atoms with Gasteiger partial charge in [0.05, 0.1) is 11.1 Å². The minimum atomic E-state index is -0.295. The average Bonchev–Trinajstić information content (AvgIpc) is 2.57. The molecule has 22 heavy (non-hydrogen) atoms. The number of fused-ring (bicyclic) bond motifs is 2. The molecular formula is C17H14N2O3. The van der Waals surface area contributed by atoms with Crippen LogP contribution in [0, 0.1) is 0 Å². The molecule has 0 fully saturated rings. The summed E-state index contributed by atoms with van der Waals surface area (Å²) in [5.41, 5.74) is 1.29. The maximum atomic E-state index is 12.5. The number of carbonyl (C=O) groups excluding carboxylic acids is 3. The highest BCUT2D eigenvalue weighted by molar-refractivity contribution is 6.27. The van der Waals surface area contributed by atoms with Crippen LogP contribution in [0.3, 0.4) is 0 Å². The maximum absolute atomic E-state index is 12.5. The van der Waals surface area contributed by atoms with Gasteiger partial charge in [0.15, 0.2) is 5.78 Å². The molecule has 3 rings (SSSR count). The minimum Gasteiger partial charge on any atom is -0.352 e. The largest absolute Gasteiger partial charge is 0.352 e. The minimum absolute atomic E-state index is 0.107. The number of nitrogens with zero attached hydrogens (tertiary/aromatic N) is 1. The van der Waals surface area contributed by atoms with Crippen LogP contribution in [0.1, 0.15) is 55.7 Å². The number of ketones is 2. The van der Waals surface area contributed by atoms with Gasteiger partial charge in [-0.25, -0.2) is 0 Å². The van der Waals surface area contributed by atoms with E-state index in [-0.39, 0.29) is 34.3 Å². The number of aromatic nitrogens is 1. The van der Waals surface area contributed by atoms with Gasteiger partial charge in [-0.05, 0) is 12.5 Å². The molecule has 0 saturated heterocycles. The van der Waals surface area contributed by atoms with Crippen LogP contribution in [-0.2, 0) is 0 Å². The van der Waals surface area contributed by atoms with Crippen LogP contribution < -0.4 is 5.32 Å². The van der Waals surface area contributed by atoms with Crippen molar-refractivity contribution in [1.29, 1.82) is 0 Å². The van der Waals surface area contributed by atoms with Crippen molar-refractivity contribution in [2.75, 3.05) is 6.54 Å². The summed E-state index contributed by atoms with van der Waals surface area (Å²) < 4.78 is 0. The van der Waals surface area contributed by atoms with E-state index in [0.29, 0.717) is 17.7 Å². The molecule has 0 aliphatic heterocycles. The van der Waals surface area contributed by atoms with E-state index < -0.39 is 0 Å². The predicted octanol–water partition coefficient (Wildman–Crippen LogP) is 2.00. The summed E-state index contributed by atoms with van der Waals surface area (Å²) in [5, 5.41) is 2.73. The molecule has 0 spiro atoms. The van der Waals surface area contributed by atoms with Crippen molar-refractivity contribution < 1.29 is 14.4 Å². The van der Waals surface area contributed by atoms with E-state index in [0.717, 1.165) is 6.42 Å². The molecule has 1 aromatic heterocycles. The summed E-state index contributed by atoms with van der Waals surface area (Å²) in [6.45, 7) is 2.50. The number of pyridine rings is 1. The topological polar surface area (TPSA) is 76.1 Å². The molecule has 1 amide bonds. The Kier molecular flexibility index (Phi) is 3.55. The lowest BCUT2D eigenvalue weighted by atomic mass is 9.86. The number of benzene rings is 1. The summed E-state index contributed by atoms with van der Waals surface area (Å²) in [6.07, 6.45) is 2.15. The van der Waals surface area contributed by atoms with Crippen molar-refractivity contribution in [2.24, 2.45) is 0 Å². The highest BCUT2D eigenvalue weighted by Gasteiger charge is 2.31. The summed E-state index contributed by atoms with van der Waals surface area (Å²) in [7, 11) is 0. The van der Waals surface area contributed by atoms with Crippen molar-refractivity contribution in [3.63, 3.8) is 0 Å². The van der Waals surface area contributed by atoms with Gasteiger partial charge in [0, 0.05) is 23.9 Å². The molecule has 5 heteroatoms. The van der Waals surface area contributed by atoms with E-state index in [1.165, 1.54) is 12.3 Å². The highest BCUT2D eigenvalue weighted by atomic mass is 16.2. The Morgan fingerprint density at radius 3 is 2.45 bits per heavy atom. The van der Waals surface area contributed by atoms with Gasteiger partial charge in [-0.15, -0.1) is 0 Å². The molecule has 110 valence electrons. The molecule has 0 atom stereocenters. The molecule has 1 heterocycles. The second-order valence-corrected chi connectivity index (χ2v) is 5.08. The fourth-order valence-electron chi connectivity index (χ4n) is 2.44. The van der Waals surface area contributed by atoms with Gasteiger partial charge in [0.1, 0.15) is 5.69 Å². The summed E-state index contributed by atoms with van der Waals surface area (Å²) >= 11 is 0. The number of nitrogens with one attached hydrogen (secondary N) is 1. The third-order valence-corrected chi connectivity index (χ3v) is 3.56. The quantitative estimate of drug-likeness (QED) is 0.801. The zero-order chi connectivity index (χ0) is 15.7. The number of hydrogen-bond donors (Lipinski definition) is 1. The third kappa shape index (κ3) is 2.20. The van der Waals surface area contributed by atoms with Crippen LogP contribution in [-0.4, -0.2) is 29.0 Å². The predicted molar refractivity (Wildman–Crippen MR) is 80.2 cm³/mol. The first kappa shape index (κ1) is 14.1. The van der Waals surface area contributed by atoms with Crippen molar-refractivity contribution in [2.45, 2.75) is 13.3 Å². The van der Waals surface area contributed by atoms with Crippen molar-refractivity contribution in [3.05, 3.63) is 64.5 Å². The molecule has 0 radical (unpaired) electrons. The van der Waals surface area contributed by atoms with E-state index in [4.69, 9.17) is 0 Å². The number of hydrogen-bond acceptors (Lipinski definition) is 4.